The maximum absolute atomic E-state index is 12.9. The molecule has 0 radical (unpaired) electrons. The quantitative estimate of drug-likeness (QED) is 0.218. The second-order valence-corrected chi connectivity index (χ2v) is 10.9. The molecule has 3 aromatic carbocycles. The normalized spacial score (nSPS) is 15.1. The molecule has 1 aromatic heterocycles. The number of nitrogens with one attached hydrogen (secondary N) is 1. The number of aromatic nitrogens is 1. The minimum atomic E-state index is -0.663. The summed E-state index contributed by atoms with van der Waals surface area (Å²) >= 11 is 1.34. The Balaban J connectivity index is 1.31. The lowest BCUT2D eigenvalue weighted by Gasteiger charge is -2.35. The lowest BCUT2D eigenvalue weighted by Crippen LogP contribution is -2.42. The molecule has 1 N–H and O–H groups in total. The molecule has 0 bridgehead atoms. The number of hydrogen-bond acceptors (Lipinski definition) is 7. The number of aryl methyl sites for hydroxylation is 1. The molecule has 1 aliphatic rings. The Kier molecular flexibility index (Phi) is 8.81. The van der Waals surface area contributed by atoms with Crippen LogP contribution in [0.5, 0.6) is 0 Å². The lowest BCUT2D eigenvalue weighted by molar-refractivity contribution is -0.154. The second kappa shape index (κ2) is 12.7. The molecular weight excluding hydrogens is 536 g/mol. The molecule has 1 fully saturated rings. The Morgan fingerprint density at radius 3 is 2.20 bits per heavy atom. The molecule has 8 heteroatoms. The summed E-state index contributed by atoms with van der Waals surface area (Å²) in [4.78, 5) is 26.5. The molecule has 41 heavy (non-hydrogen) atoms. The molecule has 0 spiro atoms. The molecule has 7 nitrogen and oxygen atoms in total. The van der Waals surface area contributed by atoms with Crippen molar-refractivity contribution in [2.45, 2.75) is 45.1 Å². The largest absolute Gasteiger partial charge is 0.465 e. The van der Waals surface area contributed by atoms with Crippen LogP contribution in [-0.2, 0) is 24.4 Å². The van der Waals surface area contributed by atoms with E-state index in [1.807, 2.05) is 75.4 Å². The first-order valence-electron chi connectivity index (χ1n) is 13.9. The van der Waals surface area contributed by atoms with E-state index < -0.39 is 11.5 Å². The minimum Gasteiger partial charge on any atom is -0.465 e. The Morgan fingerprint density at radius 1 is 0.951 bits per heavy atom. The monoisotopic (exact) mass is 570 g/mol. The maximum Gasteiger partial charge on any atom is 0.412 e. The molecule has 0 aliphatic carbocycles. The van der Waals surface area contributed by atoms with Crippen LogP contribution < -0.4 is 5.32 Å². The van der Waals surface area contributed by atoms with Crippen LogP contribution in [0.25, 0.3) is 21.6 Å². The highest BCUT2D eigenvalue weighted by Gasteiger charge is 2.43. The first-order chi connectivity index (χ1) is 19.9. The fraction of sp³-hybridized carbons (Fsp3) is 0.303. The third kappa shape index (κ3) is 6.19. The Hall–Kier alpha value is -4.01. The van der Waals surface area contributed by atoms with Gasteiger partial charge in [-0.1, -0.05) is 78.9 Å². The Morgan fingerprint density at radius 2 is 1.56 bits per heavy atom. The van der Waals surface area contributed by atoms with Gasteiger partial charge in [0.15, 0.2) is 0 Å². The Labute approximate surface area is 244 Å². The van der Waals surface area contributed by atoms with E-state index in [-0.39, 0.29) is 12.1 Å². The van der Waals surface area contributed by atoms with Crippen LogP contribution >= 0.6 is 11.5 Å². The minimum absolute atomic E-state index is 0.178. The third-order valence-corrected chi connectivity index (χ3v) is 8.56. The van der Waals surface area contributed by atoms with Crippen molar-refractivity contribution < 1.29 is 23.8 Å². The summed E-state index contributed by atoms with van der Waals surface area (Å²) in [7, 11) is 0. The molecule has 2 heterocycles. The van der Waals surface area contributed by atoms with Crippen molar-refractivity contribution in [3.63, 3.8) is 0 Å². The summed E-state index contributed by atoms with van der Waals surface area (Å²) in [5.41, 5.74) is 5.65. The number of rotatable bonds is 8. The molecule has 4 aromatic rings. The average Bonchev–Trinajstić information content (AvgIpc) is 3.37. The van der Waals surface area contributed by atoms with Crippen molar-refractivity contribution >= 4 is 29.3 Å². The van der Waals surface area contributed by atoms with Crippen molar-refractivity contribution in [2.24, 2.45) is 0 Å². The molecule has 0 unspecified atom stereocenters. The number of amides is 1. The number of ether oxygens (including phenoxy) is 3. The lowest BCUT2D eigenvalue weighted by atomic mass is 9.74. The van der Waals surface area contributed by atoms with E-state index >= 15 is 0 Å². The van der Waals surface area contributed by atoms with Gasteiger partial charge in [-0.2, -0.15) is 4.37 Å². The van der Waals surface area contributed by atoms with Gasteiger partial charge < -0.3 is 14.2 Å². The second-order valence-electron chi connectivity index (χ2n) is 10.1. The van der Waals surface area contributed by atoms with Crippen molar-refractivity contribution in [3.8, 4) is 21.6 Å². The van der Waals surface area contributed by atoms with Gasteiger partial charge in [0.05, 0.1) is 28.3 Å². The molecule has 1 saturated heterocycles. The number of carbonyl (C=O) groups excluding carboxylic acids is 2. The number of hydrogen-bond donors (Lipinski definition) is 1. The molecular formula is C33H34N2O5S. The van der Waals surface area contributed by atoms with Gasteiger partial charge >= 0.3 is 12.1 Å². The number of anilines is 1. The molecule has 5 rings (SSSR count). The first kappa shape index (κ1) is 28.5. The van der Waals surface area contributed by atoms with Gasteiger partial charge in [0.25, 0.3) is 0 Å². The first-order valence-corrected chi connectivity index (χ1v) is 14.6. The number of esters is 1. The van der Waals surface area contributed by atoms with Gasteiger partial charge in [-0.25, -0.2) is 4.79 Å². The molecule has 212 valence electrons. The fourth-order valence-electron chi connectivity index (χ4n) is 5.19. The molecule has 0 saturated carbocycles. The Bertz CT molecular complexity index is 1480. The van der Waals surface area contributed by atoms with Crippen LogP contribution in [-0.4, -0.2) is 36.3 Å². The van der Waals surface area contributed by atoms with Crippen molar-refractivity contribution in [3.05, 3.63) is 95.7 Å². The molecule has 1 atom stereocenters. The smallest absolute Gasteiger partial charge is 0.412 e. The number of nitrogens with zero attached hydrogens (tertiary/aromatic N) is 1. The van der Waals surface area contributed by atoms with Crippen LogP contribution in [0.4, 0.5) is 10.5 Å². The van der Waals surface area contributed by atoms with E-state index in [9.17, 15) is 9.59 Å². The van der Waals surface area contributed by atoms with E-state index in [4.69, 9.17) is 14.2 Å². The summed E-state index contributed by atoms with van der Waals surface area (Å²) in [6, 6.07) is 25.9. The van der Waals surface area contributed by atoms with Gasteiger partial charge in [0.1, 0.15) is 6.10 Å². The average molecular weight is 571 g/mol. The summed E-state index contributed by atoms with van der Waals surface area (Å²) < 4.78 is 21.1. The van der Waals surface area contributed by atoms with E-state index in [1.165, 1.54) is 11.5 Å². The van der Waals surface area contributed by atoms with Crippen LogP contribution in [0.1, 0.15) is 49.6 Å². The van der Waals surface area contributed by atoms with Crippen LogP contribution in [0, 0.1) is 6.92 Å². The highest BCUT2D eigenvalue weighted by atomic mass is 32.1. The molecule has 1 aliphatic heterocycles. The van der Waals surface area contributed by atoms with Gasteiger partial charge in [0.2, 0.25) is 0 Å². The zero-order valence-electron chi connectivity index (χ0n) is 23.5. The van der Waals surface area contributed by atoms with E-state index in [1.54, 1.807) is 0 Å². The number of benzene rings is 3. The van der Waals surface area contributed by atoms with Gasteiger partial charge in [0, 0.05) is 13.2 Å². The topological polar surface area (TPSA) is 86.8 Å². The van der Waals surface area contributed by atoms with Crippen LogP contribution in [0.3, 0.4) is 0 Å². The van der Waals surface area contributed by atoms with E-state index in [2.05, 4.69) is 34.0 Å². The van der Waals surface area contributed by atoms with Gasteiger partial charge in [-0.15, -0.1) is 0 Å². The van der Waals surface area contributed by atoms with Crippen molar-refractivity contribution in [1.82, 2.24) is 4.37 Å². The maximum atomic E-state index is 12.9. The van der Waals surface area contributed by atoms with Crippen LogP contribution in [0.15, 0.2) is 78.9 Å². The SMILES string of the molecule is CCOC(=O)C1(c2ccc(-c3ccc(-c4snc(C)c4NC(=O)O[C@H](C)c4ccccc4)cc3)cc2)CCOCC1. The summed E-state index contributed by atoms with van der Waals surface area (Å²) in [6.45, 7) is 6.99. The van der Waals surface area contributed by atoms with Crippen molar-refractivity contribution in [1.29, 1.82) is 0 Å². The third-order valence-electron chi connectivity index (χ3n) is 7.57. The zero-order valence-corrected chi connectivity index (χ0v) is 24.3. The summed E-state index contributed by atoms with van der Waals surface area (Å²) in [6.07, 6.45) is 0.329. The predicted molar refractivity (Wildman–Crippen MR) is 161 cm³/mol. The summed E-state index contributed by atoms with van der Waals surface area (Å²) in [5.74, 6) is -0.178. The van der Waals surface area contributed by atoms with Gasteiger partial charge in [-0.05, 0) is 73.0 Å². The van der Waals surface area contributed by atoms with E-state index in [0.717, 1.165) is 38.4 Å². The fourth-order valence-corrected chi connectivity index (χ4v) is 6.04. The number of carbonyl (C=O) groups is 2. The van der Waals surface area contributed by atoms with Gasteiger partial charge in [-0.3, -0.25) is 10.1 Å². The highest BCUT2D eigenvalue weighted by Crippen LogP contribution is 2.39. The van der Waals surface area contributed by atoms with Crippen molar-refractivity contribution in [2.75, 3.05) is 25.1 Å². The molecule has 1 amide bonds. The van der Waals surface area contributed by atoms with Crippen LogP contribution in [0.2, 0.25) is 0 Å². The standard InChI is InChI=1S/C33H34N2O5S/c1-4-39-31(36)33(18-20-38-21-19-33)28-16-14-26(15-17-28)25-10-12-27(13-11-25)30-29(22(2)35-41-30)34-32(37)40-23(3)24-8-6-5-7-9-24/h5-17,23H,4,18-21H2,1-3H3,(H,34,37)/t23-/m1/s1. The zero-order chi connectivity index (χ0) is 28.8. The predicted octanol–water partition coefficient (Wildman–Crippen LogP) is 7.71. The highest BCUT2D eigenvalue weighted by molar-refractivity contribution is 7.10. The summed E-state index contributed by atoms with van der Waals surface area (Å²) in [5, 5.41) is 2.90. The van der Waals surface area contributed by atoms with E-state index in [0.29, 0.717) is 38.3 Å².